The predicted molar refractivity (Wildman–Crippen MR) is 132 cm³/mol. The van der Waals surface area contributed by atoms with Gasteiger partial charge in [0.05, 0.1) is 18.0 Å². The number of nitrogens with zero attached hydrogens (tertiary/aromatic N) is 1. The first-order valence-corrected chi connectivity index (χ1v) is 12.5. The molecule has 2 aromatic carbocycles. The van der Waals surface area contributed by atoms with E-state index in [9.17, 15) is 22.7 Å². The number of rotatable bonds is 7. The predicted octanol–water partition coefficient (Wildman–Crippen LogP) is 3.88. The van der Waals surface area contributed by atoms with Crippen molar-refractivity contribution in [2.45, 2.75) is 17.6 Å². The summed E-state index contributed by atoms with van der Waals surface area (Å²) >= 11 is 1.97. The number of anilines is 3. The number of phenolic OH excluding ortho intramolecular Hbond substituents is 1. The third-order valence-electron chi connectivity index (χ3n) is 5.48. The first-order valence-electron chi connectivity index (χ1n) is 9.91. The minimum absolute atomic E-state index is 0.000825. The molecule has 1 aliphatic carbocycles. The van der Waals surface area contributed by atoms with Gasteiger partial charge in [-0.05, 0) is 64.9 Å². The lowest BCUT2D eigenvalue weighted by atomic mass is 10.1. The van der Waals surface area contributed by atoms with E-state index in [1.807, 2.05) is 22.6 Å². The number of hydrogen-bond donors (Lipinski definition) is 3. The fourth-order valence-corrected chi connectivity index (χ4v) is 5.78. The molecule has 33 heavy (non-hydrogen) atoms. The van der Waals surface area contributed by atoms with Gasteiger partial charge in [-0.15, -0.1) is 0 Å². The number of benzene rings is 2. The van der Waals surface area contributed by atoms with E-state index in [1.165, 1.54) is 36.9 Å². The Balaban J connectivity index is 1.71. The number of aromatic nitrogens is 1. The number of pyridine rings is 1. The summed E-state index contributed by atoms with van der Waals surface area (Å²) in [6.45, 7) is 0. The minimum atomic E-state index is -3.91. The van der Waals surface area contributed by atoms with E-state index in [2.05, 4.69) is 10.0 Å². The van der Waals surface area contributed by atoms with Gasteiger partial charge in [0.15, 0.2) is 5.75 Å². The number of hydrogen-bond acceptors (Lipinski definition) is 6. The van der Waals surface area contributed by atoms with Gasteiger partial charge in [0.2, 0.25) is 10.0 Å². The van der Waals surface area contributed by atoms with E-state index in [-0.39, 0.29) is 34.6 Å². The summed E-state index contributed by atoms with van der Waals surface area (Å²) in [6.07, 6.45) is 0.376. The summed E-state index contributed by atoms with van der Waals surface area (Å²) in [5.74, 6) is -0.730. The van der Waals surface area contributed by atoms with Crippen molar-refractivity contribution >= 4 is 49.8 Å². The molecular weight excluding hydrogens is 564 g/mol. The number of aromatic hydroxyl groups is 1. The molecule has 3 N–H and O–H groups in total. The molecule has 8 nitrogen and oxygen atoms in total. The van der Waals surface area contributed by atoms with Crippen LogP contribution in [0.5, 0.6) is 11.5 Å². The maximum Gasteiger partial charge on any atom is 0.255 e. The molecule has 0 bridgehead atoms. The van der Waals surface area contributed by atoms with Crippen LogP contribution in [0, 0.1) is 9.39 Å². The number of ether oxygens (including phenoxy) is 1. The fourth-order valence-electron chi connectivity index (χ4n) is 3.64. The van der Waals surface area contributed by atoms with Crippen LogP contribution in [0.3, 0.4) is 0 Å². The maximum absolute atomic E-state index is 14.5. The number of nitrogens with one attached hydrogen (secondary N) is 2. The second kappa shape index (κ2) is 8.86. The molecule has 0 amide bonds. The molecule has 0 spiro atoms. The van der Waals surface area contributed by atoms with Gasteiger partial charge in [0.25, 0.3) is 5.56 Å². The first-order chi connectivity index (χ1) is 15.6. The summed E-state index contributed by atoms with van der Waals surface area (Å²) in [7, 11) is -1.15. The molecule has 0 radical (unpaired) electrons. The number of phenols is 1. The average Bonchev–Trinajstić information content (AvgIpc) is 3.56. The molecular formula is C22H21FIN3O5S. The molecule has 174 valence electrons. The molecule has 0 saturated heterocycles. The Morgan fingerprint density at radius 1 is 1.21 bits per heavy atom. The van der Waals surface area contributed by atoms with E-state index in [1.54, 1.807) is 24.3 Å². The highest BCUT2D eigenvalue weighted by Crippen LogP contribution is 2.48. The number of halogens is 2. The van der Waals surface area contributed by atoms with E-state index in [4.69, 9.17) is 4.74 Å². The Bertz CT molecular complexity index is 1390. The second-order valence-electron chi connectivity index (χ2n) is 7.71. The molecule has 11 heteroatoms. The van der Waals surface area contributed by atoms with Crippen molar-refractivity contribution in [2.24, 2.45) is 7.05 Å². The fraction of sp³-hybridized carbons (Fsp3) is 0.227. The summed E-state index contributed by atoms with van der Waals surface area (Å²) in [6, 6.07) is 12.1. The number of methoxy groups -OCH3 is 1. The molecule has 1 heterocycles. The Morgan fingerprint density at radius 3 is 2.64 bits per heavy atom. The molecule has 1 saturated carbocycles. The molecule has 4 rings (SSSR count). The van der Waals surface area contributed by atoms with Gasteiger partial charge >= 0.3 is 0 Å². The lowest BCUT2D eigenvalue weighted by molar-refractivity contribution is 0.415. The van der Waals surface area contributed by atoms with E-state index < -0.39 is 26.6 Å². The molecule has 3 aromatic rings. The zero-order valence-electron chi connectivity index (χ0n) is 17.7. The molecule has 1 aromatic heterocycles. The lowest BCUT2D eigenvalue weighted by Gasteiger charge is -2.20. The van der Waals surface area contributed by atoms with Crippen molar-refractivity contribution < 1.29 is 22.7 Å². The summed E-state index contributed by atoms with van der Waals surface area (Å²) < 4.78 is 50.5. The summed E-state index contributed by atoms with van der Waals surface area (Å²) in [5.41, 5.74) is 0.326. The van der Waals surface area contributed by atoms with Crippen LogP contribution in [-0.4, -0.2) is 30.5 Å². The van der Waals surface area contributed by atoms with Crippen LogP contribution in [-0.2, 0) is 17.1 Å². The highest BCUT2D eigenvalue weighted by Gasteiger charge is 2.48. The Morgan fingerprint density at radius 2 is 1.97 bits per heavy atom. The third-order valence-corrected chi connectivity index (χ3v) is 7.96. The largest absolute Gasteiger partial charge is 0.508 e. The zero-order chi connectivity index (χ0) is 23.9. The van der Waals surface area contributed by atoms with Crippen LogP contribution in [0.2, 0.25) is 0 Å². The van der Waals surface area contributed by atoms with Crippen LogP contribution in [0.15, 0.2) is 53.3 Å². The summed E-state index contributed by atoms with van der Waals surface area (Å²) in [5, 5.41) is 11.8. The van der Waals surface area contributed by atoms with Crippen molar-refractivity contribution in [3.63, 3.8) is 0 Å². The highest BCUT2D eigenvalue weighted by molar-refractivity contribution is 14.1. The van der Waals surface area contributed by atoms with Gasteiger partial charge in [-0.3, -0.25) is 14.1 Å². The van der Waals surface area contributed by atoms with E-state index >= 15 is 0 Å². The zero-order valence-corrected chi connectivity index (χ0v) is 20.6. The van der Waals surface area contributed by atoms with E-state index in [0.29, 0.717) is 9.99 Å². The van der Waals surface area contributed by atoms with Gasteiger partial charge < -0.3 is 15.2 Å². The van der Waals surface area contributed by atoms with E-state index in [0.717, 1.165) is 11.6 Å². The van der Waals surface area contributed by atoms with Crippen molar-refractivity contribution in [1.82, 2.24) is 4.57 Å². The average molecular weight is 585 g/mol. The quantitative estimate of drug-likeness (QED) is 0.364. The Labute approximate surface area is 203 Å². The standard InChI is InChI=1S/C22H21FIN3O5S/c1-27-20(29)11-18(32-2)21(22(27)25-17-7-6-13(24)9-16(17)23)26-33(30,31)19-10-15(19)12-4-3-5-14(28)8-12/h3-9,11,15,19,25-26,28H,10H2,1-2H3. The number of sulfonamides is 1. The monoisotopic (exact) mass is 585 g/mol. The molecule has 1 aliphatic rings. The topological polar surface area (TPSA) is 110 Å². The second-order valence-corrected chi connectivity index (χ2v) is 10.9. The SMILES string of the molecule is COc1cc(=O)n(C)c(Nc2ccc(I)cc2F)c1NS(=O)(=O)C1CC1c1cccc(O)c1. The lowest BCUT2D eigenvalue weighted by Crippen LogP contribution is -2.25. The maximum atomic E-state index is 14.5. The van der Waals surface area contributed by atoms with Crippen LogP contribution in [0.1, 0.15) is 17.9 Å². The first kappa shape index (κ1) is 23.4. The van der Waals surface area contributed by atoms with Gasteiger partial charge in [0, 0.05) is 22.6 Å². The van der Waals surface area contributed by atoms with Crippen LogP contribution >= 0.6 is 22.6 Å². The van der Waals surface area contributed by atoms with Crippen molar-refractivity contribution in [3.8, 4) is 11.5 Å². The summed E-state index contributed by atoms with van der Waals surface area (Å²) in [4.78, 5) is 12.4. The molecule has 0 aliphatic heterocycles. The molecule has 1 fully saturated rings. The van der Waals surface area contributed by atoms with Crippen LogP contribution in [0.4, 0.5) is 21.6 Å². The Hall–Kier alpha value is -2.80. The van der Waals surface area contributed by atoms with Gasteiger partial charge in [-0.2, -0.15) is 0 Å². The molecule has 2 atom stereocenters. The van der Waals surface area contributed by atoms with Gasteiger partial charge in [0.1, 0.15) is 23.1 Å². The Kier molecular flexibility index (Phi) is 6.27. The molecule has 2 unspecified atom stereocenters. The third kappa shape index (κ3) is 4.78. The van der Waals surface area contributed by atoms with Crippen molar-refractivity contribution in [3.05, 3.63) is 73.8 Å². The smallest absolute Gasteiger partial charge is 0.255 e. The van der Waals surface area contributed by atoms with Gasteiger partial charge in [-0.25, -0.2) is 12.8 Å². The van der Waals surface area contributed by atoms with Crippen LogP contribution < -0.4 is 20.3 Å². The highest BCUT2D eigenvalue weighted by atomic mass is 127. The van der Waals surface area contributed by atoms with Crippen molar-refractivity contribution in [1.29, 1.82) is 0 Å². The normalized spacial score (nSPS) is 17.5. The van der Waals surface area contributed by atoms with Crippen LogP contribution in [0.25, 0.3) is 0 Å². The van der Waals surface area contributed by atoms with Gasteiger partial charge in [-0.1, -0.05) is 12.1 Å². The van der Waals surface area contributed by atoms with Crippen molar-refractivity contribution in [2.75, 3.05) is 17.1 Å². The minimum Gasteiger partial charge on any atom is -0.508 e.